The molecule has 5 nitrogen and oxygen atoms in total. The lowest BCUT2D eigenvalue weighted by Crippen LogP contribution is -2.36. The van der Waals surface area contributed by atoms with Crippen LogP contribution in [0.4, 0.5) is 0 Å². The highest BCUT2D eigenvalue weighted by Crippen LogP contribution is 2.18. The molecule has 1 fully saturated rings. The van der Waals surface area contributed by atoms with E-state index in [0.29, 0.717) is 19.5 Å². The third kappa shape index (κ3) is 5.47. The van der Waals surface area contributed by atoms with Crippen LogP contribution in [0.25, 0.3) is 0 Å². The van der Waals surface area contributed by atoms with Crippen LogP contribution in [0.5, 0.6) is 0 Å². The summed E-state index contributed by atoms with van der Waals surface area (Å²) in [5.41, 5.74) is 0. The van der Waals surface area contributed by atoms with Gasteiger partial charge in [0, 0.05) is 30.9 Å². The number of rotatable bonds is 8. The summed E-state index contributed by atoms with van der Waals surface area (Å²) in [6.07, 6.45) is 2.87. The van der Waals surface area contributed by atoms with E-state index in [9.17, 15) is 9.59 Å². The van der Waals surface area contributed by atoms with E-state index in [2.05, 4.69) is 0 Å². The van der Waals surface area contributed by atoms with Gasteiger partial charge < -0.3 is 14.7 Å². The summed E-state index contributed by atoms with van der Waals surface area (Å²) >= 11 is 1.63. The van der Waals surface area contributed by atoms with Gasteiger partial charge in [0.2, 0.25) is 5.91 Å². The summed E-state index contributed by atoms with van der Waals surface area (Å²) in [5.74, 6) is -0.841. The van der Waals surface area contributed by atoms with Crippen LogP contribution in [0, 0.1) is 0 Å². The van der Waals surface area contributed by atoms with Gasteiger partial charge in [0.05, 0.1) is 12.6 Å². The predicted molar refractivity (Wildman–Crippen MR) is 80.2 cm³/mol. The van der Waals surface area contributed by atoms with Gasteiger partial charge in [-0.15, -0.1) is 11.3 Å². The zero-order valence-electron chi connectivity index (χ0n) is 12.0. The first kappa shape index (κ1) is 16.0. The second-order valence-corrected chi connectivity index (χ2v) is 6.27. The van der Waals surface area contributed by atoms with Crippen molar-refractivity contribution >= 4 is 23.2 Å². The first-order valence-corrected chi connectivity index (χ1v) is 8.16. The van der Waals surface area contributed by atoms with Crippen molar-refractivity contribution in [1.82, 2.24) is 4.90 Å². The van der Waals surface area contributed by atoms with Gasteiger partial charge in [0.1, 0.15) is 0 Å². The van der Waals surface area contributed by atoms with E-state index >= 15 is 0 Å². The quantitative estimate of drug-likeness (QED) is 0.801. The number of aliphatic carboxylic acids is 1. The summed E-state index contributed by atoms with van der Waals surface area (Å²) in [7, 11) is 0. The van der Waals surface area contributed by atoms with Crippen LogP contribution >= 0.6 is 11.3 Å². The Bertz CT molecular complexity index is 454. The van der Waals surface area contributed by atoms with E-state index in [0.717, 1.165) is 24.3 Å². The summed E-state index contributed by atoms with van der Waals surface area (Å²) in [4.78, 5) is 25.8. The van der Waals surface area contributed by atoms with Gasteiger partial charge in [-0.1, -0.05) is 6.07 Å². The summed E-state index contributed by atoms with van der Waals surface area (Å²) in [6.45, 7) is 1.96. The van der Waals surface area contributed by atoms with E-state index in [1.54, 1.807) is 11.3 Å². The lowest BCUT2D eigenvalue weighted by atomic mass is 10.2. The summed E-state index contributed by atoms with van der Waals surface area (Å²) in [5, 5.41) is 10.7. The fourth-order valence-corrected chi connectivity index (χ4v) is 3.15. The SMILES string of the molecule is O=C(O)CCCC(=O)N(Cc1cccs1)CC1CCCO1. The number of ether oxygens (including phenoxy) is 1. The minimum absolute atomic E-state index is 0.0140. The molecule has 1 saturated heterocycles. The number of hydrogen-bond acceptors (Lipinski definition) is 4. The largest absolute Gasteiger partial charge is 0.481 e. The van der Waals surface area contributed by atoms with Crippen LogP contribution in [0.15, 0.2) is 17.5 Å². The van der Waals surface area contributed by atoms with Crippen LogP contribution in [0.3, 0.4) is 0 Å². The number of carbonyl (C=O) groups excluding carboxylic acids is 1. The molecule has 0 radical (unpaired) electrons. The molecule has 1 atom stereocenters. The molecule has 1 aliphatic rings. The lowest BCUT2D eigenvalue weighted by molar-refractivity contribution is -0.137. The molecule has 0 spiro atoms. The second kappa shape index (κ2) is 8.14. The third-order valence-electron chi connectivity index (χ3n) is 3.51. The Kier molecular flexibility index (Phi) is 6.20. The average molecular weight is 311 g/mol. The molecule has 1 unspecified atom stereocenters. The monoisotopic (exact) mass is 311 g/mol. The molecule has 1 N–H and O–H groups in total. The number of nitrogens with zero attached hydrogens (tertiary/aromatic N) is 1. The number of amides is 1. The molecular weight excluding hydrogens is 290 g/mol. The van der Waals surface area contributed by atoms with Gasteiger partial charge in [-0.3, -0.25) is 9.59 Å². The first-order valence-electron chi connectivity index (χ1n) is 7.28. The summed E-state index contributed by atoms with van der Waals surface area (Å²) in [6, 6.07) is 3.98. The molecule has 2 rings (SSSR count). The van der Waals surface area contributed by atoms with Gasteiger partial charge in [-0.25, -0.2) is 0 Å². The minimum Gasteiger partial charge on any atom is -0.481 e. The topological polar surface area (TPSA) is 66.8 Å². The van der Waals surface area contributed by atoms with E-state index in [1.807, 2.05) is 22.4 Å². The zero-order chi connectivity index (χ0) is 15.1. The maximum absolute atomic E-state index is 12.3. The third-order valence-corrected chi connectivity index (χ3v) is 4.37. The fourth-order valence-electron chi connectivity index (χ4n) is 2.43. The molecule has 21 heavy (non-hydrogen) atoms. The fraction of sp³-hybridized carbons (Fsp3) is 0.600. The molecule has 1 aliphatic heterocycles. The average Bonchev–Trinajstić information content (AvgIpc) is 3.10. The lowest BCUT2D eigenvalue weighted by Gasteiger charge is -2.25. The minimum atomic E-state index is -0.855. The number of carboxylic acids is 1. The molecular formula is C15H21NO4S. The second-order valence-electron chi connectivity index (χ2n) is 5.24. The predicted octanol–water partition coefficient (Wildman–Crippen LogP) is 2.51. The molecule has 6 heteroatoms. The first-order chi connectivity index (χ1) is 10.1. The number of carbonyl (C=O) groups is 2. The van der Waals surface area contributed by atoms with Gasteiger partial charge in [0.15, 0.2) is 0 Å². The highest BCUT2D eigenvalue weighted by atomic mass is 32.1. The maximum Gasteiger partial charge on any atom is 0.303 e. The molecule has 0 bridgehead atoms. The van der Waals surface area contributed by atoms with Gasteiger partial charge in [0.25, 0.3) is 0 Å². The Morgan fingerprint density at radius 2 is 2.29 bits per heavy atom. The van der Waals surface area contributed by atoms with Crippen LogP contribution in [-0.2, 0) is 20.9 Å². The van der Waals surface area contributed by atoms with Crippen LogP contribution in [-0.4, -0.2) is 41.1 Å². The Labute approximate surface area is 128 Å². The molecule has 0 aliphatic carbocycles. The zero-order valence-corrected chi connectivity index (χ0v) is 12.8. The molecule has 1 aromatic heterocycles. The Morgan fingerprint density at radius 1 is 1.43 bits per heavy atom. The standard InChI is InChI=1S/C15H21NO4S/c17-14(6-1-7-15(18)19)16(10-12-4-2-8-20-12)11-13-5-3-9-21-13/h3,5,9,12H,1-2,4,6-8,10-11H2,(H,18,19). The Balaban J connectivity index is 1.89. The van der Waals surface area contributed by atoms with E-state index in [1.165, 1.54) is 0 Å². The van der Waals surface area contributed by atoms with Crippen molar-refractivity contribution in [3.05, 3.63) is 22.4 Å². The van der Waals surface area contributed by atoms with Crippen molar-refractivity contribution in [3.63, 3.8) is 0 Å². The molecule has 1 aromatic rings. The highest BCUT2D eigenvalue weighted by molar-refractivity contribution is 7.09. The van der Waals surface area contributed by atoms with Crippen LogP contribution in [0.1, 0.15) is 37.0 Å². The molecule has 116 valence electrons. The van der Waals surface area contributed by atoms with E-state index in [-0.39, 0.29) is 24.9 Å². The van der Waals surface area contributed by atoms with Crippen LogP contribution in [0.2, 0.25) is 0 Å². The Morgan fingerprint density at radius 3 is 2.90 bits per heavy atom. The molecule has 2 heterocycles. The van der Waals surface area contributed by atoms with Gasteiger partial charge >= 0.3 is 5.97 Å². The van der Waals surface area contributed by atoms with E-state index < -0.39 is 5.97 Å². The van der Waals surface area contributed by atoms with Crippen molar-refractivity contribution in [2.75, 3.05) is 13.2 Å². The van der Waals surface area contributed by atoms with E-state index in [4.69, 9.17) is 9.84 Å². The maximum atomic E-state index is 12.3. The number of thiophene rings is 1. The van der Waals surface area contributed by atoms with Crippen molar-refractivity contribution in [2.24, 2.45) is 0 Å². The van der Waals surface area contributed by atoms with Crippen molar-refractivity contribution < 1.29 is 19.4 Å². The summed E-state index contributed by atoms with van der Waals surface area (Å²) < 4.78 is 5.61. The Hall–Kier alpha value is -1.40. The smallest absolute Gasteiger partial charge is 0.303 e. The van der Waals surface area contributed by atoms with Gasteiger partial charge in [-0.2, -0.15) is 0 Å². The highest BCUT2D eigenvalue weighted by Gasteiger charge is 2.22. The molecule has 0 saturated carbocycles. The number of carboxylic acid groups (broad SMARTS) is 1. The van der Waals surface area contributed by atoms with Crippen molar-refractivity contribution in [2.45, 2.75) is 44.8 Å². The molecule has 1 amide bonds. The van der Waals surface area contributed by atoms with Crippen molar-refractivity contribution in [1.29, 1.82) is 0 Å². The van der Waals surface area contributed by atoms with Crippen LogP contribution < -0.4 is 0 Å². The number of hydrogen-bond donors (Lipinski definition) is 1. The molecule has 0 aromatic carbocycles. The van der Waals surface area contributed by atoms with Crippen molar-refractivity contribution in [3.8, 4) is 0 Å². The normalized spacial score (nSPS) is 17.8. The van der Waals surface area contributed by atoms with Gasteiger partial charge in [-0.05, 0) is 30.7 Å².